The zero-order chi connectivity index (χ0) is 23.3. The normalized spacial score (nSPS) is 11.6. The summed E-state index contributed by atoms with van der Waals surface area (Å²) < 4.78 is 42.0. The molecule has 0 bridgehead atoms. The Labute approximate surface area is 190 Å². The van der Waals surface area contributed by atoms with Crippen molar-refractivity contribution in [3.05, 3.63) is 88.7 Å². The molecule has 1 heterocycles. The maximum Gasteiger partial charge on any atom is 0.418 e. The topological polar surface area (TPSA) is 37.3 Å². The first-order valence-corrected chi connectivity index (χ1v) is 10.6. The number of para-hydroxylation sites is 1. The zero-order valence-electron chi connectivity index (χ0n) is 17.9. The molecule has 0 atom stereocenters. The van der Waals surface area contributed by atoms with Gasteiger partial charge in [-0.2, -0.15) is 13.2 Å². The van der Waals surface area contributed by atoms with Crippen LogP contribution in [0.1, 0.15) is 30.7 Å². The number of anilines is 1. The van der Waals surface area contributed by atoms with E-state index in [1.807, 2.05) is 61.0 Å². The Morgan fingerprint density at radius 1 is 1.06 bits per heavy atom. The summed E-state index contributed by atoms with van der Waals surface area (Å²) in [5.41, 5.74) is 0.653. The summed E-state index contributed by atoms with van der Waals surface area (Å²) >= 11 is 6.28. The van der Waals surface area contributed by atoms with Crippen LogP contribution in [-0.2, 0) is 19.3 Å². The van der Waals surface area contributed by atoms with Gasteiger partial charge < -0.3 is 14.8 Å². The van der Waals surface area contributed by atoms with E-state index in [4.69, 9.17) is 11.6 Å². The fraction of sp³-hybridized carbons (Fsp3) is 0.292. The molecule has 0 saturated carbocycles. The van der Waals surface area contributed by atoms with Gasteiger partial charge in [0.15, 0.2) is 0 Å². The number of benzene rings is 2. The van der Waals surface area contributed by atoms with E-state index in [0.717, 1.165) is 17.3 Å². The van der Waals surface area contributed by atoms with Gasteiger partial charge in [0.05, 0.1) is 17.8 Å². The summed E-state index contributed by atoms with van der Waals surface area (Å²) in [6.07, 6.45) is -2.67. The van der Waals surface area contributed by atoms with Crippen LogP contribution in [0.25, 0.3) is 0 Å². The van der Waals surface area contributed by atoms with Gasteiger partial charge in [0.2, 0.25) is 0 Å². The van der Waals surface area contributed by atoms with E-state index in [-0.39, 0.29) is 18.2 Å². The second-order valence-electron chi connectivity index (χ2n) is 7.97. The first-order valence-electron chi connectivity index (χ1n) is 10.2. The molecule has 3 rings (SSSR count). The van der Waals surface area contributed by atoms with Crippen LogP contribution in [-0.4, -0.2) is 22.0 Å². The predicted molar refractivity (Wildman–Crippen MR) is 121 cm³/mol. The summed E-state index contributed by atoms with van der Waals surface area (Å²) in [5.74, 6) is 0.130. The standard InChI is InChI=1S/C24H25ClF3N3O/c1-17(2)14-31(23(32)29-22-12-6-4-10-20(22)24(26,27)28)16-19-9-7-13-30(19)15-18-8-3-5-11-21(18)25/h3-13,17H,14-16H2,1-2H3,(H,29,32). The average molecular weight is 464 g/mol. The van der Waals surface area contributed by atoms with E-state index in [2.05, 4.69) is 5.32 Å². The lowest BCUT2D eigenvalue weighted by Crippen LogP contribution is -2.38. The minimum absolute atomic E-state index is 0.130. The number of halogens is 4. The van der Waals surface area contributed by atoms with E-state index in [0.29, 0.717) is 18.1 Å². The minimum atomic E-state index is -4.56. The molecular formula is C24H25ClF3N3O. The van der Waals surface area contributed by atoms with Crippen molar-refractivity contribution in [2.75, 3.05) is 11.9 Å². The number of hydrogen-bond donors (Lipinski definition) is 1. The second kappa shape index (κ2) is 10.1. The van der Waals surface area contributed by atoms with Gasteiger partial charge >= 0.3 is 12.2 Å². The maximum absolute atomic E-state index is 13.3. The summed E-state index contributed by atoms with van der Waals surface area (Å²) in [7, 11) is 0. The number of nitrogens with zero attached hydrogens (tertiary/aromatic N) is 2. The van der Waals surface area contributed by atoms with Crippen molar-refractivity contribution in [2.45, 2.75) is 33.1 Å². The Morgan fingerprint density at radius 2 is 1.75 bits per heavy atom. The fourth-order valence-electron chi connectivity index (χ4n) is 3.45. The van der Waals surface area contributed by atoms with Gasteiger partial charge in [0.1, 0.15) is 0 Å². The van der Waals surface area contributed by atoms with Crippen molar-refractivity contribution < 1.29 is 18.0 Å². The molecule has 170 valence electrons. The molecule has 0 spiro atoms. The molecule has 8 heteroatoms. The highest BCUT2D eigenvalue weighted by molar-refractivity contribution is 6.31. The van der Waals surface area contributed by atoms with Crippen molar-refractivity contribution in [3.8, 4) is 0 Å². The highest BCUT2D eigenvalue weighted by Crippen LogP contribution is 2.34. The van der Waals surface area contributed by atoms with Crippen molar-refractivity contribution in [3.63, 3.8) is 0 Å². The molecule has 2 aromatic carbocycles. The van der Waals surface area contributed by atoms with Crippen molar-refractivity contribution >= 4 is 23.3 Å². The monoisotopic (exact) mass is 463 g/mol. The lowest BCUT2D eigenvalue weighted by Gasteiger charge is -2.26. The van der Waals surface area contributed by atoms with Crippen LogP contribution >= 0.6 is 11.6 Å². The molecule has 0 fully saturated rings. The first kappa shape index (κ1) is 23.7. The second-order valence-corrected chi connectivity index (χ2v) is 8.37. The van der Waals surface area contributed by atoms with Gasteiger partial charge in [-0.1, -0.05) is 55.8 Å². The Kier molecular flexibility index (Phi) is 7.51. The molecule has 3 aromatic rings. The Balaban J connectivity index is 1.81. The van der Waals surface area contributed by atoms with Crippen LogP contribution < -0.4 is 5.32 Å². The van der Waals surface area contributed by atoms with E-state index in [1.54, 1.807) is 0 Å². The number of nitrogens with one attached hydrogen (secondary N) is 1. The maximum atomic E-state index is 13.3. The zero-order valence-corrected chi connectivity index (χ0v) is 18.6. The number of hydrogen-bond acceptors (Lipinski definition) is 1. The summed E-state index contributed by atoms with van der Waals surface area (Å²) in [5, 5.41) is 3.10. The number of urea groups is 1. The van der Waals surface area contributed by atoms with Gasteiger partial charge in [0, 0.05) is 30.0 Å². The number of aromatic nitrogens is 1. The minimum Gasteiger partial charge on any atom is -0.345 e. The number of amides is 2. The summed E-state index contributed by atoms with van der Waals surface area (Å²) in [4.78, 5) is 14.5. The van der Waals surface area contributed by atoms with Crippen LogP contribution in [0.15, 0.2) is 66.9 Å². The highest BCUT2D eigenvalue weighted by atomic mass is 35.5. The molecule has 4 nitrogen and oxygen atoms in total. The van der Waals surface area contributed by atoms with Gasteiger partial charge in [-0.3, -0.25) is 0 Å². The molecule has 0 aliphatic carbocycles. The first-order chi connectivity index (χ1) is 15.1. The summed E-state index contributed by atoms with van der Waals surface area (Å²) in [6, 6.07) is 15.7. The number of carbonyl (C=O) groups excluding carboxylic acids is 1. The largest absolute Gasteiger partial charge is 0.418 e. The molecule has 1 N–H and O–H groups in total. The average Bonchev–Trinajstić information content (AvgIpc) is 3.15. The third kappa shape index (κ3) is 6.07. The van der Waals surface area contributed by atoms with E-state index >= 15 is 0 Å². The molecule has 2 amide bonds. The number of alkyl halides is 3. The molecular weight excluding hydrogens is 439 g/mol. The van der Waals surface area contributed by atoms with Gasteiger partial charge in [-0.25, -0.2) is 4.79 Å². The van der Waals surface area contributed by atoms with Crippen LogP contribution in [0, 0.1) is 5.92 Å². The van der Waals surface area contributed by atoms with Crippen molar-refractivity contribution in [1.29, 1.82) is 0 Å². The smallest absolute Gasteiger partial charge is 0.345 e. The number of carbonyl (C=O) groups is 1. The predicted octanol–water partition coefficient (Wildman–Crippen LogP) is 6.90. The van der Waals surface area contributed by atoms with E-state index < -0.39 is 17.8 Å². The Hall–Kier alpha value is -2.93. The van der Waals surface area contributed by atoms with E-state index in [1.165, 1.54) is 23.1 Å². The lowest BCUT2D eigenvalue weighted by molar-refractivity contribution is -0.136. The molecule has 32 heavy (non-hydrogen) atoms. The third-order valence-corrected chi connectivity index (χ3v) is 5.29. The van der Waals surface area contributed by atoms with Crippen molar-refractivity contribution in [1.82, 2.24) is 9.47 Å². The molecule has 0 aliphatic rings. The highest BCUT2D eigenvalue weighted by Gasteiger charge is 2.34. The van der Waals surface area contributed by atoms with Crippen LogP contribution in [0.4, 0.5) is 23.7 Å². The molecule has 0 saturated heterocycles. The molecule has 0 aliphatic heterocycles. The quantitative estimate of drug-likeness (QED) is 0.406. The lowest BCUT2D eigenvalue weighted by atomic mass is 10.1. The number of rotatable bonds is 7. The molecule has 1 aromatic heterocycles. The third-order valence-electron chi connectivity index (χ3n) is 4.92. The van der Waals surface area contributed by atoms with Crippen LogP contribution in [0.3, 0.4) is 0 Å². The summed E-state index contributed by atoms with van der Waals surface area (Å²) in [6.45, 7) is 5.06. The van der Waals surface area contributed by atoms with Crippen LogP contribution in [0.2, 0.25) is 5.02 Å². The van der Waals surface area contributed by atoms with Gasteiger partial charge in [-0.05, 0) is 41.8 Å². The van der Waals surface area contributed by atoms with Gasteiger partial charge in [-0.15, -0.1) is 0 Å². The van der Waals surface area contributed by atoms with E-state index in [9.17, 15) is 18.0 Å². The van der Waals surface area contributed by atoms with Gasteiger partial charge in [0.25, 0.3) is 0 Å². The molecule has 0 unspecified atom stereocenters. The van der Waals surface area contributed by atoms with Crippen molar-refractivity contribution in [2.24, 2.45) is 5.92 Å². The molecule has 0 radical (unpaired) electrons. The SMILES string of the molecule is CC(C)CN(Cc1cccn1Cc1ccccc1Cl)C(=O)Nc1ccccc1C(F)(F)F. The van der Waals surface area contributed by atoms with Crippen LogP contribution in [0.5, 0.6) is 0 Å². The fourth-order valence-corrected chi connectivity index (χ4v) is 3.64. The Morgan fingerprint density at radius 3 is 2.44 bits per heavy atom. The Bertz CT molecular complexity index is 1060.